The van der Waals surface area contributed by atoms with E-state index in [9.17, 15) is 17.6 Å². The zero-order chi connectivity index (χ0) is 14.2. The van der Waals surface area contributed by atoms with Gasteiger partial charge in [-0.1, -0.05) is 23.2 Å². The molecule has 0 saturated carbocycles. The van der Waals surface area contributed by atoms with Gasteiger partial charge in [0.25, 0.3) is 11.9 Å². The molecule has 0 atom stereocenters. The Balaban J connectivity index is 2.52. The molecule has 2 rings (SSSR count). The highest BCUT2D eigenvalue weighted by Crippen LogP contribution is 2.31. The van der Waals surface area contributed by atoms with Crippen LogP contribution >= 0.6 is 23.2 Å². The molecule has 0 radical (unpaired) electrons. The summed E-state index contributed by atoms with van der Waals surface area (Å²) in [5, 5.41) is 2.44. The molecule has 2 nitrogen and oxygen atoms in total. The van der Waals surface area contributed by atoms with Gasteiger partial charge in [0.15, 0.2) is 0 Å². The summed E-state index contributed by atoms with van der Waals surface area (Å²) >= 11 is 11.4. The first-order chi connectivity index (χ1) is 8.90. The molecule has 0 amide bonds. The van der Waals surface area contributed by atoms with E-state index in [4.69, 9.17) is 23.2 Å². The highest BCUT2D eigenvalue weighted by atomic mass is 35.5. The number of nitrogens with one attached hydrogen (secondary N) is 1. The largest absolute Gasteiger partial charge is 0.349 e. The van der Waals surface area contributed by atoms with Crippen LogP contribution in [0.2, 0.25) is 10.0 Å². The molecule has 100 valence electrons. The van der Waals surface area contributed by atoms with Crippen molar-refractivity contribution in [3.8, 4) is 0 Å². The predicted molar refractivity (Wildman–Crippen MR) is 63.8 cm³/mol. The van der Waals surface area contributed by atoms with Crippen molar-refractivity contribution >= 4 is 34.6 Å². The monoisotopic (exact) mass is 310 g/mol. The fraction of sp³-hybridized carbons (Fsp3) is 0. The van der Waals surface area contributed by atoms with Crippen LogP contribution in [0.1, 0.15) is 0 Å². The Kier molecular flexibility index (Phi) is 3.82. The van der Waals surface area contributed by atoms with Crippen molar-refractivity contribution in [3.05, 3.63) is 51.8 Å². The van der Waals surface area contributed by atoms with Gasteiger partial charge < -0.3 is 5.32 Å². The maximum atomic E-state index is 13.4. The molecule has 0 bridgehead atoms. The molecule has 1 aromatic carbocycles. The zero-order valence-electron chi connectivity index (χ0n) is 8.95. The molecule has 0 aliphatic rings. The topological polar surface area (TPSA) is 24.9 Å². The van der Waals surface area contributed by atoms with Gasteiger partial charge in [-0.3, -0.25) is 0 Å². The van der Waals surface area contributed by atoms with Crippen molar-refractivity contribution in [2.45, 2.75) is 0 Å². The van der Waals surface area contributed by atoms with E-state index in [-0.39, 0.29) is 15.7 Å². The van der Waals surface area contributed by atoms with Crippen LogP contribution in [0.5, 0.6) is 0 Å². The smallest absolute Gasteiger partial charge is 0.253 e. The minimum atomic E-state index is -1.76. The lowest BCUT2D eigenvalue weighted by atomic mass is 10.3. The summed E-state index contributed by atoms with van der Waals surface area (Å²) in [7, 11) is 0. The van der Waals surface area contributed by atoms with E-state index in [2.05, 4.69) is 10.3 Å². The summed E-state index contributed by atoms with van der Waals surface area (Å²) in [4.78, 5) is 2.43. The summed E-state index contributed by atoms with van der Waals surface area (Å²) in [6, 6.07) is 4.05. The maximum Gasteiger partial charge on any atom is 0.253 e. The van der Waals surface area contributed by atoms with E-state index < -0.39 is 29.2 Å². The molecule has 1 aromatic heterocycles. The minimum absolute atomic E-state index is 0.00281. The van der Waals surface area contributed by atoms with Crippen molar-refractivity contribution in [3.63, 3.8) is 0 Å². The van der Waals surface area contributed by atoms with Crippen LogP contribution < -0.4 is 5.32 Å². The lowest BCUT2D eigenvalue weighted by Gasteiger charge is -2.11. The third-order valence-corrected chi connectivity index (χ3v) is 2.75. The number of hydrogen-bond acceptors (Lipinski definition) is 2. The summed E-state index contributed by atoms with van der Waals surface area (Å²) < 4.78 is 52.6. The number of benzene rings is 1. The van der Waals surface area contributed by atoms with Gasteiger partial charge in [-0.15, -0.1) is 0 Å². The zero-order valence-corrected chi connectivity index (χ0v) is 10.5. The number of anilines is 2. The van der Waals surface area contributed by atoms with Gasteiger partial charge in [-0.2, -0.15) is 22.5 Å². The van der Waals surface area contributed by atoms with E-state index in [1.54, 1.807) is 0 Å². The predicted octanol–water partition coefficient (Wildman–Crippen LogP) is 4.69. The molecule has 0 aliphatic carbocycles. The Bertz CT molecular complexity index is 623. The van der Waals surface area contributed by atoms with Crippen LogP contribution in [-0.4, -0.2) is 4.98 Å². The Labute approximate surface area is 115 Å². The van der Waals surface area contributed by atoms with Crippen LogP contribution in [-0.2, 0) is 0 Å². The van der Waals surface area contributed by atoms with Gasteiger partial charge in [-0.05, 0) is 18.2 Å². The lowest BCUT2D eigenvalue weighted by Crippen LogP contribution is -2.06. The highest BCUT2D eigenvalue weighted by molar-refractivity contribution is 6.35. The SMILES string of the molecule is Fc1nc(F)c(F)c(Nc2cc(Cl)ccc2Cl)c1F. The number of nitrogens with zero attached hydrogens (tertiary/aromatic N) is 1. The normalized spacial score (nSPS) is 10.6. The second-order valence-electron chi connectivity index (χ2n) is 3.45. The van der Waals surface area contributed by atoms with Crippen molar-refractivity contribution in [2.75, 3.05) is 5.32 Å². The second kappa shape index (κ2) is 5.22. The summed E-state index contributed by atoms with van der Waals surface area (Å²) in [6.07, 6.45) is 0. The quantitative estimate of drug-likeness (QED) is 0.643. The lowest BCUT2D eigenvalue weighted by molar-refractivity contribution is 0.411. The van der Waals surface area contributed by atoms with Gasteiger partial charge in [0.05, 0.1) is 10.7 Å². The third kappa shape index (κ3) is 2.74. The molecular weight excluding hydrogens is 307 g/mol. The summed E-state index contributed by atoms with van der Waals surface area (Å²) in [5.41, 5.74) is -1.04. The molecule has 0 fully saturated rings. The van der Waals surface area contributed by atoms with Crippen LogP contribution in [0.3, 0.4) is 0 Å². The molecular formula is C11H4Cl2F4N2. The molecule has 0 unspecified atom stereocenters. The first-order valence-electron chi connectivity index (χ1n) is 4.82. The summed E-state index contributed by atoms with van der Waals surface area (Å²) in [6.45, 7) is 0. The number of halogens is 6. The highest BCUT2D eigenvalue weighted by Gasteiger charge is 2.21. The van der Waals surface area contributed by atoms with Crippen molar-refractivity contribution in [2.24, 2.45) is 0 Å². The molecule has 19 heavy (non-hydrogen) atoms. The molecule has 0 spiro atoms. The van der Waals surface area contributed by atoms with Crippen LogP contribution in [0.4, 0.5) is 28.9 Å². The van der Waals surface area contributed by atoms with E-state index in [1.807, 2.05) is 0 Å². The molecule has 0 saturated heterocycles. The number of aromatic nitrogens is 1. The fourth-order valence-corrected chi connectivity index (χ4v) is 1.66. The Morgan fingerprint density at radius 2 is 1.53 bits per heavy atom. The fourth-order valence-electron chi connectivity index (χ4n) is 1.32. The second-order valence-corrected chi connectivity index (χ2v) is 4.29. The van der Waals surface area contributed by atoms with E-state index in [0.717, 1.165) is 0 Å². The van der Waals surface area contributed by atoms with Crippen LogP contribution in [0, 0.1) is 23.5 Å². The number of rotatable bonds is 2. The molecule has 0 aliphatic heterocycles. The molecule has 1 heterocycles. The minimum Gasteiger partial charge on any atom is -0.349 e. The molecule has 1 N–H and O–H groups in total. The van der Waals surface area contributed by atoms with E-state index in [1.165, 1.54) is 18.2 Å². The molecule has 2 aromatic rings. The Morgan fingerprint density at radius 3 is 2.11 bits per heavy atom. The third-order valence-electron chi connectivity index (χ3n) is 2.19. The average molecular weight is 311 g/mol. The van der Waals surface area contributed by atoms with E-state index >= 15 is 0 Å². The van der Waals surface area contributed by atoms with Crippen molar-refractivity contribution < 1.29 is 17.6 Å². The van der Waals surface area contributed by atoms with Gasteiger partial charge in [0.2, 0.25) is 11.6 Å². The average Bonchev–Trinajstić information content (AvgIpc) is 2.36. The molecule has 8 heteroatoms. The van der Waals surface area contributed by atoms with Gasteiger partial charge in [0.1, 0.15) is 5.69 Å². The van der Waals surface area contributed by atoms with Crippen LogP contribution in [0.25, 0.3) is 0 Å². The van der Waals surface area contributed by atoms with Crippen LogP contribution in [0.15, 0.2) is 18.2 Å². The first kappa shape index (κ1) is 13.9. The number of hydrogen-bond donors (Lipinski definition) is 1. The van der Waals surface area contributed by atoms with Gasteiger partial charge >= 0.3 is 0 Å². The van der Waals surface area contributed by atoms with Crippen molar-refractivity contribution in [1.82, 2.24) is 4.98 Å². The van der Waals surface area contributed by atoms with Crippen molar-refractivity contribution in [1.29, 1.82) is 0 Å². The summed E-state index contributed by atoms with van der Waals surface area (Å²) in [5.74, 6) is -6.84. The first-order valence-corrected chi connectivity index (χ1v) is 5.58. The van der Waals surface area contributed by atoms with E-state index in [0.29, 0.717) is 0 Å². The maximum absolute atomic E-state index is 13.4. The van der Waals surface area contributed by atoms with Gasteiger partial charge in [0, 0.05) is 5.02 Å². The Hall–Kier alpha value is -1.53. The number of pyridine rings is 1. The standard InChI is InChI=1S/C11H4Cl2F4N2/c12-4-1-2-5(13)6(3-4)18-9-7(14)10(16)19-11(17)8(9)15/h1-3H,(H,18,19). The van der Waals surface area contributed by atoms with Gasteiger partial charge in [-0.25, -0.2) is 0 Å². The Morgan fingerprint density at radius 1 is 0.947 bits per heavy atom.